The fourth-order valence-electron chi connectivity index (χ4n) is 1.70. The summed E-state index contributed by atoms with van der Waals surface area (Å²) in [5.41, 5.74) is 1.37. The van der Waals surface area contributed by atoms with Gasteiger partial charge in [0, 0.05) is 22.4 Å². The first-order valence-corrected chi connectivity index (χ1v) is 8.55. The van der Waals surface area contributed by atoms with Gasteiger partial charge in [-0.2, -0.15) is 0 Å². The second kappa shape index (κ2) is 7.79. The minimum atomic E-state index is -0.202. The van der Waals surface area contributed by atoms with E-state index in [-0.39, 0.29) is 5.91 Å². The summed E-state index contributed by atoms with van der Waals surface area (Å²) in [6.07, 6.45) is 0. The Hall–Kier alpha value is -1.08. The Bertz CT molecular complexity index is 631. The number of hydrogen-bond donors (Lipinski definition) is 1. The number of ether oxygens (including phenoxy) is 1. The number of hydrogen-bond acceptors (Lipinski definition) is 5. The van der Waals surface area contributed by atoms with Gasteiger partial charge in [-0.1, -0.05) is 18.5 Å². The van der Waals surface area contributed by atoms with Gasteiger partial charge in [0.1, 0.15) is 0 Å². The molecule has 2 rings (SSSR count). The van der Waals surface area contributed by atoms with E-state index in [1.807, 2.05) is 18.4 Å². The van der Waals surface area contributed by atoms with Gasteiger partial charge in [0.2, 0.25) is 0 Å². The summed E-state index contributed by atoms with van der Waals surface area (Å²) in [6.45, 7) is 2.47. The fourth-order valence-corrected chi connectivity index (χ4v) is 3.35. The molecule has 4 nitrogen and oxygen atoms in total. The molecule has 1 N–H and O–H groups in total. The topological polar surface area (TPSA) is 51.2 Å². The van der Waals surface area contributed by atoms with Crippen LogP contribution in [0.25, 0.3) is 0 Å². The van der Waals surface area contributed by atoms with Crippen molar-refractivity contribution in [2.45, 2.75) is 18.4 Å². The zero-order chi connectivity index (χ0) is 15.2. The van der Waals surface area contributed by atoms with Gasteiger partial charge in [-0.3, -0.25) is 10.1 Å². The van der Waals surface area contributed by atoms with Crippen molar-refractivity contribution in [2.24, 2.45) is 0 Å². The van der Waals surface area contributed by atoms with Gasteiger partial charge >= 0.3 is 0 Å². The molecule has 0 aliphatic carbocycles. The highest BCUT2D eigenvalue weighted by atomic mass is 35.5. The van der Waals surface area contributed by atoms with Gasteiger partial charge in [0.15, 0.2) is 5.13 Å². The largest absolute Gasteiger partial charge is 0.378 e. The highest BCUT2D eigenvalue weighted by molar-refractivity contribution is 7.99. The first kappa shape index (κ1) is 16.3. The van der Waals surface area contributed by atoms with Crippen LogP contribution in [-0.2, 0) is 11.3 Å². The predicted octanol–water partition coefficient (Wildman–Crippen LogP) is 4.31. The van der Waals surface area contributed by atoms with E-state index in [0.717, 1.165) is 16.3 Å². The summed E-state index contributed by atoms with van der Waals surface area (Å²) in [7, 11) is 1.61. The number of amides is 1. The van der Waals surface area contributed by atoms with Crippen LogP contribution < -0.4 is 5.32 Å². The lowest BCUT2D eigenvalue weighted by atomic mass is 10.2. The molecule has 0 saturated carbocycles. The molecule has 0 fully saturated rings. The van der Waals surface area contributed by atoms with Crippen LogP contribution in [0.15, 0.2) is 28.5 Å². The number of nitrogens with one attached hydrogen (secondary N) is 1. The van der Waals surface area contributed by atoms with Crippen molar-refractivity contribution in [3.63, 3.8) is 0 Å². The lowest BCUT2D eigenvalue weighted by molar-refractivity contribution is 0.102. The summed E-state index contributed by atoms with van der Waals surface area (Å²) in [6, 6.07) is 5.33. The second-order valence-electron chi connectivity index (χ2n) is 4.10. The average Bonchev–Trinajstić information content (AvgIpc) is 2.88. The van der Waals surface area contributed by atoms with Crippen molar-refractivity contribution in [1.29, 1.82) is 0 Å². The molecule has 0 aliphatic rings. The molecule has 0 bridgehead atoms. The summed E-state index contributed by atoms with van der Waals surface area (Å²) >= 11 is 8.97. The molecule has 1 amide bonds. The third kappa shape index (κ3) is 4.44. The van der Waals surface area contributed by atoms with Crippen LogP contribution in [0, 0.1) is 0 Å². The molecule has 112 valence electrons. The van der Waals surface area contributed by atoms with E-state index in [9.17, 15) is 4.79 Å². The summed E-state index contributed by atoms with van der Waals surface area (Å²) in [4.78, 5) is 17.6. The number of halogens is 1. The maximum atomic E-state index is 12.4. The Labute approximate surface area is 136 Å². The van der Waals surface area contributed by atoms with Crippen LogP contribution in [0.1, 0.15) is 23.0 Å². The van der Waals surface area contributed by atoms with E-state index < -0.39 is 0 Å². The average molecular weight is 343 g/mol. The monoisotopic (exact) mass is 342 g/mol. The van der Waals surface area contributed by atoms with Crippen LogP contribution in [0.5, 0.6) is 0 Å². The Balaban J connectivity index is 2.17. The first-order chi connectivity index (χ1) is 10.1. The lowest BCUT2D eigenvalue weighted by Crippen LogP contribution is -2.13. The van der Waals surface area contributed by atoms with Gasteiger partial charge in [-0.15, -0.1) is 23.1 Å². The van der Waals surface area contributed by atoms with E-state index in [4.69, 9.17) is 16.3 Å². The number of rotatable bonds is 6. The van der Waals surface area contributed by atoms with Gasteiger partial charge in [0.25, 0.3) is 5.91 Å². The van der Waals surface area contributed by atoms with E-state index in [0.29, 0.717) is 22.3 Å². The van der Waals surface area contributed by atoms with Crippen molar-refractivity contribution in [3.8, 4) is 0 Å². The molecule has 0 saturated heterocycles. The Morgan fingerprint density at radius 1 is 1.52 bits per heavy atom. The van der Waals surface area contributed by atoms with Crippen LogP contribution in [0.4, 0.5) is 5.13 Å². The number of thioether (sulfide) groups is 1. The molecule has 21 heavy (non-hydrogen) atoms. The minimum absolute atomic E-state index is 0.202. The molecular weight excluding hydrogens is 328 g/mol. The molecule has 1 aromatic carbocycles. The number of benzene rings is 1. The molecule has 2 aromatic rings. The van der Waals surface area contributed by atoms with Crippen molar-refractivity contribution in [3.05, 3.63) is 39.9 Å². The zero-order valence-electron chi connectivity index (χ0n) is 11.7. The summed E-state index contributed by atoms with van der Waals surface area (Å²) < 4.78 is 5.01. The van der Waals surface area contributed by atoms with Crippen LogP contribution in [-0.4, -0.2) is 23.8 Å². The molecule has 0 unspecified atom stereocenters. The summed E-state index contributed by atoms with van der Waals surface area (Å²) in [5.74, 6) is 0.684. The molecule has 0 radical (unpaired) electrons. The number of anilines is 1. The molecule has 7 heteroatoms. The van der Waals surface area contributed by atoms with E-state index in [1.165, 1.54) is 11.3 Å². The number of carbonyl (C=O) groups is 1. The zero-order valence-corrected chi connectivity index (χ0v) is 14.1. The van der Waals surface area contributed by atoms with Crippen molar-refractivity contribution in [1.82, 2.24) is 4.98 Å². The van der Waals surface area contributed by atoms with E-state index >= 15 is 0 Å². The molecular formula is C14H15ClN2O2S2. The molecule has 0 spiro atoms. The first-order valence-electron chi connectivity index (χ1n) is 6.31. The van der Waals surface area contributed by atoms with Gasteiger partial charge in [-0.05, 0) is 24.0 Å². The van der Waals surface area contributed by atoms with Crippen LogP contribution in [0.3, 0.4) is 0 Å². The number of carbonyl (C=O) groups excluding carboxylic acids is 1. The number of aromatic nitrogens is 1. The van der Waals surface area contributed by atoms with Crippen molar-refractivity contribution in [2.75, 3.05) is 18.2 Å². The number of nitrogens with zero attached hydrogens (tertiary/aromatic N) is 1. The highest BCUT2D eigenvalue weighted by Crippen LogP contribution is 2.27. The standard InChI is InChI=1S/C14H15ClN2O2S2/c1-3-20-12-5-4-9(15)6-11(12)13(18)17-14-16-10(7-19-2)8-21-14/h4-6,8H,3,7H2,1-2H3,(H,16,17,18). The van der Waals surface area contributed by atoms with Gasteiger partial charge in [-0.25, -0.2) is 4.98 Å². The normalized spacial score (nSPS) is 10.6. The fraction of sp³-hybridized carbons (Fsp3) is 0.286. The third-order valence-electron chi connectivity index (χ3n) is 2.55. The molecule has 0 atom stereocenters. The highest BCUT2D eigenvalue weighted by Gasteiger charge is 2.14. The van der Waals surface area contributed by atoms with Crippen LogP contribution >= 0.6 is 34.7 Å². The Morgan fingerprint density at radius 3 is 3.05 bits per heavy atom. The second-order valence-corrected chi connectivity index (χ2v) is 6.71. The Morgan fingerprint density at radius 2 is 2.33 bits per heavy atom. The van der Waals surface area contributed by atoms with Gasteiger partial charge < -0.3 is 4.74 Å². The van der Waals surface area contributed by atoms with Crippen molar-refractivity contribution < 1.29 is 9.53 Å². The van der Waals surface area contributed by atoms with Crippen LogP contribution in [0.2, 0.25) is 5.02 Å². The third-order valence-corrected chi connectivity index (χ3v) is 4.55. The quantitative estimate of drug-likeness (QED) is 0.795. The minimum Gasteiger partial charge on any atom is -0.378 e. The lowest BCUT2D eigenvalue weighted by Gasteiger charge is -2.08. The molecule has 1 aromatic heterocycles. The van der Waals surface area contributed by atoms with E-state index in [1.54, 1.807) is 31.0 Å². The molecule has 1 heterocycles. The number of thiazole rings is 1. The van der Waals surface area contributed by atoms with E-state index in [2.05, 4.69) is 10.3 Å². The maximum absolute atomic E-state index is 12.4. The SMILES string of the molecule is CCSc1ccc(Cl)cc1C(=O)Nc1nc(COC)cs1. The summed E-state index contributed by atoms with van der Waals surface area (Å²) in [5, 5.41) is 5.76. The Kier molecular flexibility index (Phi) is 6.05. The maximum Gasteiger partial charge on any atom is 0.258 e. The van der Waals surface area contributed by atoms with Gasteiger partial charge in [0.05, 0.1) is 17.9 Å². The molecule has 0 aliphatic heterocycles. The van der Waals surface area contributed by atoms with Crippen molar-refractivity contribution >= 4 is 45.7 Å². The smallest absolute Gasteiger partial charge is 0.258 e. The number of methoxy groups -OCH3 is 1. The predicted molar refractivity (Wildman–Crippen MR) is 88.6 cm³/mol.